The molecule has 4 heteroatoms. The van der Waals surface area contributed by atoms with Gasteiger partial charge in [-0.15, -0.1) is 0 Å². The lowest BCUT2D eigenvalue weighted by atomic mass is 9.92. The first-order valence-electron chi connectivity index (χ1n) is 8.83. The Morgan fingerprint density at radius 3 is 2.38 bits per heavy atom. The quantitative estimate of drug-likeness (QED) is 0.658. The Morgan fingerprint density at radius 2 is 1.69 bits per heavy atom. The molecule has 0 fully saturated rings. The number of amides is 1. The van der Waals surface area contributed by atoms with Crippen molar-refractivity contribution in [1.82, 2.24) is 14.9 Å². The van der Waals surface area contributed by atoms with E-state index in [2.05, 4.69) is 9.97 Å². The van der Waals surface area contributed by atoms with E-state index in [1.54, 1.807) is 18.6 Å². The Hall–Kier alpha value is -3.01. The molecule has 0 aliphatic carbocycles. The van der Waals surface area contributed by atoms with Gasteiger partial charge in [-0.25, -0.2) is 0 Å². The summed E-state index contributed by atoms with van der Waals surface area (Å²) in [6.07, 6.45) is 6.75. The summed E-state index contributed by atoms with van der Waals surface area (Å²) in [5.74, 6) is -0.107. The van der Waals surface area contributed by atoms with Gasteiger partial charge in [-0.3, -0.25) is 14.8 Å². The zero-order valence-electron chi connectivity index (χ0n) is 15.0. The maximum absolute atomic E-state index is 13.2. The van der Waals surface area contributed by atoms with Gasteiger partial charge >= 0.3 is 0 Å². The standard InChI is InChI=1S/C22H23N3O/c1-25(16-12-18-10-14-23-15-11-18)22(26)21(19-7-3-2-4-8-19)17-20-9-5-6-13-24-20/h2-11,13-15,21H,12,16-17H2,1H3. The molecule has 2 aromatic heterocycles. The summed E-state index contributed by atoms with van der Waals surface area (Å²) in [5, 5.41) is 0. The molecule has 2 heterocycles. The Labute approximate surface area is 154 Å². The molecular weight excluding hydrogens is 322 g/mol. The fourth-order valence-electron chi connectivity index (χ4n) is 2.98. The molecule has 0 spiro atoms. The van der Waals surface area contributed by atoms with Gasteiger partial charge in [0.15, 0.2) is 0 Å². The molecule has 1 atom stereocenters. The first-order chi connectivity index (χ1) is 12.7. The fourth-order valence-corrected chi connectivity index (χ4v) is 2.98. The summed E-state index contributed by atoms with van der Waals surface area (Å²) in [6.45, 7) is 0.675. The Morgan fingerprint density at radius 1 is 0.962 bits per heavy atom. The van der Waals surface area contributed by atoms with Gasteiger partial charge in [0.25, 0.3) is 0 Å². The van der Waals surface area contributed by atoms with Crippen molar-refractivity contribution in [1.29, 1.82) is 0 Å². The van der Waals surface area contributed by atoms with E-state index in [-0.39, 0.29) is 11.8 Å². The maximum Gasteiger partial charge on any atom is 0.230 e. The molecule has 26 heavy (non-hydrogen) atoms. The first-order valence-corrected chi connectivity index (χ1v) is 8.83. The van der Waals surface area contributed by atoms with E-state index in [9.17, 15) is 4.79 Å². The van der Waals surface area contributed by atoms with E-state index in [1.165, 1.54) is 5.56 Å². The summed E-state index contributed by atoms with van der Waals surface area (Å²) in [6, 6.07) is 19.8. The Bertz CT molecular complexity index is 807. The molecule has 0 saturated carbocycles. The first kappa shape index (κ1) is 17.8. The van der Waals surface area contributed by atoms with Crippen LogP contribution in [0.5, 0.6) is 0 Å². The van der Waals surface area contributed by atoms with Crippen LogP contribution in [0.3, 0.4) is 0 Å². The van der Waals surface area contributed by atoms with Crippen LogP contribution in [0.1, 0.15) is 22.7 Å². The molecule has 0 N–H and O–H groups in total. The molecule has 3 aromatic rings. The molecule has 3 rings (SSSR count). The summed E-state index contributed by atoms with van der Waals surface area (Å²) >= 11 is 0. The van der Waals surface area contributed by atoms with Crippen LogP contribution in [0.2, 0.25) is 0 Å². The van der Waals surface area contributed by atoms with Gasteiger partial charge in [-0.05, 0) is 41.8 Å². The highest BCUT2D eigenvalue weighted by Crippen LogP contribution is 2.22. The molecule has 0 aliphatic rings. The number of pyridine rings is 2. The van der Waals surface area contributed by atoms with E-state index < -0.39 is 0 Å². The topological polar surface area (TPSA) is 46.1 Å². The SMILES string of the molecule is CN(CCc1ccncc1)C(=O)C(Cc1ccccn1)c1ccccc1. The van der Waals surface area contributed by atoms with Crippen molar-refractivity contribution in [2.24, 2.45) is 0 Å². The average Bonchev–Trinajstić information content (AvgIpc) is 2.72. The molecule has 1 unspecified atom stereocenters. The number of carbonyl (C=O) groups is 1. The lowest BCUT2D eigenvalue weighted by molar-refractivity contribution is -0.131. The van der Waals surface area contributed by atoms with E-state index in [1.807, 2.05) is 72.6 Å². The number of hydrogen-bond acceptors (Lipinski definition) is 3. The van der Waals surface area contributed by atoms with Gasteiger partial charge in [-0.1, -0.05) is 36.4 Å². The predicted molar refractivity (Wildman–Crippen MR) is 103 cm³/mol. The van der Waals surface area contributed by atoms with Gasteiger partial charge in [0.2, 0.25) is 5.91 Å². The van der Waals surface area contributed by atoms with Crippen molar-refractivity contribution in [3.63, 3.8) is 0 Å². The highest BCUT2D eigenvalue weighted by Gasteiger charge is 2.24. The van der Waals surface area contributed by atoms with Crippen LogP contribution >= 0.6 is 0 Å². The van der Waals surface area contributed by atoms with Crippen LogP contribution < -0.4 is 0 Å². The number of hydrogen-bond donors (Lipinski definition) is 0. The number of nitrogens with zero attached hydrogens (tertiary/aromatic N) is 3. The number of aromatic nitrogens is 2. The third-order valence-corrected chi connectivity index (χ3v) is 4.50. The molecule has 1 aromatic carbocycles. The molecule has 1 amide bonds. The van der Waals surface area contributed by atoms with E-state index >= 15 is 0 Å². The van der Waals surface area contributed by atoms with E-state index in [0.717, 1.165) is 17.7 Å². The summed E-state index contributed by atoms with van der Waals surface area (Å²) in [5.41, 5.74) is 3.14. The molecule has 0 saturated heterocycles. The van der Waals surface area contributed by atoms with E-state index in [4.69, 9.17) is 0 Å². The van der Waals surface area contributed by atoms with Crippen LogP contribution in [0.25, 0.3) is 0 Å². The van der Waals surface area contributed by atoms with Crippen molar-refractivity contribution in [3.8, 4) is 0 Å². The Balaban J connectivity index is 1.73. The van der Waals surface area contributed by atoms with Crippen LogP contribution in [0.15, 0.2) is 79.3 Å². The summed E-state index contributed by atoms with van der Waals surface area (Å²) in [7, 11) is 1.87. The highest BCUT2D eigenvalue weighted by atomic mass is 16.2. The normalized spacial score (nSPS) is 11.7. The third kappa shape index (κ3) is 4.76. The number of likely N-dealkylation sites (N-methyl/N-ethyl adjacent to an activating group) is 1. The predicted octanol–water partition coefficient (Wildman–Crippen LogP) is 3.50. The highest BCUT2D eigenvalue weighted by molar-refractivity contribution is 5.83. The van der Waals surface area contributed by atoms with Crippen LogP contribution in [0.4, 0.5) is 0 Å². The lowest BCUT2D eigenvalue weighted by Crippen LogP contribution is -2.34. The summed E-state index contributed by atoms with van der Waals surface area (Å²) in [4.78, 5) is 23.4. The van der Waals surface area contributed by atoms with Crippen molar-refractivity contribution in [2.45, 2.75) is 18.8 Å². The van der Waals surface area contributed by atoms with Gasteiger partial charge in [0, 0.05) is 44.3 Å². The van der Waals surface area contributed by atoms with Crippen molar-refractivity contribution in [3.05, 3.63) is 96.1 Å². The fraction of sp³-hybridized carbons (Fsp3) is 0.227. The molecule has 4 nitrogen and oxygen atoms in total. The second-order valence-corrected chi connectivity index (χ2v) is 6.35. The summed E-state index contributed by atoms with van der Waals surface area (Å²) < 4.78 is 0. The zero-order valence-corrected chi connectivity index (χ0v) is 15.0. The van der Waals surface area contributed by atoms with Gasteiger partial charge in [0.1, 0.15) is 0 Å². The van der Waals surface area contributed by atoms with Gasteiger partial charge in [0.05, 0.1) is 5.92 Å². The number of benzene rings is 1. The largest absolute Gasteiger partial charge is 0.345 e. The maximum atomic E-state index is 13.2. The Kier molecular flexibility index (Phi) is 6.09. The molecule has 0 bridgehead atoms. The molecule has 0 aliphatic heterocycles. The molecular formula is C22H23N3O. The van der Waals surface area contributed by atoms with Crippen LogP contribution in [0, 0.1) is 0 Å². The molecule has 0 radical (unpaired) electrons. The van der Waals surface area contributed by atoms with E-state index in [0.29, 0.717) is 13.0 Å². The molecule has 132 valence electrons. The average molecular weight is 345 g/mol. The van der Waals surface area contributed by atoms with Gasteiger partial charge in [-0.2, -0.15) is 0 Å². The second-order valence-electron chi connectivity index (χ2n) is 6.35. The number of rotatable bonds is 7. The van der Waals surface area contributed by atoms with Crippen molar-refractivity contribution in [2.75, 3.05) is 13.6 Å². The third-order valence-electron chi connectivity index (χ3n) is 4.50. The van der Waals surface area contributed by atoms with Crippen molar-refractivity contribution < 1.29 is 4.79 Å². The van der Waals surface area contributed by atoms with Crippen LogP contribution in [-0.4, -0.2) is 34.4 Å². The second kappa shape index (κ2) is 8.90. The lowest BCUT2D eigenvalue weighted by Gasteiger charge is -2.24. The minimum atomic E-state index is -0.228. The van der Waals surface area contributed by atoms with Gasteiger partial charge < -0.3 is 4.90 Å². The smallest absolute Gasteiger partial charge is 0.230 e. The minimum Gasteiger partial charge on any atom is -0.345 e. The van der Waals surface area contributed by atoms with Crippen LogP contribution in [-0.2, 0) is 17.6 Å². The number of carbonyl (C=O) groups excluding carboxylic acids is 1. The monoisotopic (exact) mass is 345 g/mol. The van der Waals surface area contributed by atoms with Crippen molar-refractivity contribution >= 4 is 5.91 Å². The minimum absolute atomic E-state index is 0.121. The zero-order chi connectivity index (χ0) is 18.2.